The number of nitrogens with zero attached hydrogens (tertiary/aromatic N) is 4. The number of halogens is 3. The van der Waals surface area contributed by atoms with Crippen LogP contribution in [0.15, 0.2) is 67.1 Å². The number of amides is 4. The van der Waals surface area contributed by atoms with Gasteiger partial charge in [-0.15, -0.1) is 13.2 Å². The van der Waals surface area contributed by atoms with Gasteiger partial charge in [0.05, 0.1) is 12.0 Å². The van der Waals surface area contributed by atoms with Gasteiger partial charge in [0.25, 0.3) is 5.91 Å². The normalized spacial score (nSPS) is 17.5. The molecule has 1 aliphatic heterocycles. The number of ether oxygens (including phenoxy) is 1. The van der Waals surface area contributed by atoms with Crippen LogP contribution in [0.1, 0.15) is 30.5 Å². The molecule has 0 radical (unpaired) electrons. The van der Waals surface area contributed by atoms with E-state index in [2.05, 4.69) is 20.0 Å². The summed E-state index contributed by atoms with van der Waals surface area (Å²) < 4.78 is 42.1. The summed E-state index contributed by atoms with van der Waals surface area (Å²) >= 11 is 0. The second-order valence-electron chi connectivity index (χ2n) is 9.19. The van der Waals surface area contributed by atoms with Gasteiger partial charge in [-0.3, -0.25) is 19.5 Å². The molecule has 3 heterocycles. The van der Waals surface area contributed by atoms with Crippen LogP contribution in [0.4, 0.5) is 29.5 Å². The molecule has 0 bridgehead atoms. The summed E-state index contributed by atoms with van der Waals surface area (Å²) in [6.07, 6.45) is 0.0596. The summed E-state index contributed by atoms with van der Waals surface area (Å²) in [5.41, 5.74) is 7.29. The first kappa shape index (κ1) is 28.3. The Labute approximate surface area is 227 Å². The van der Waals surface area contributed by atoms with E-state index in [4.69, 9.17) is 5.73 Å². The number of anilines is 2. The van der Waals surface area contributed by atoms with E-state index in [1.807, 2.05) is 0 Å². The molecule has 2 aromatic heterocycles. The number of likely N-dealkylation sites (tertiary alicyclic amines) is 1. The Hall–Kier alpha value is -4.68. The van der Waals surface area contributed by atoms with E-state index < -0.39 is 48.0 Å². The molecule has 1 aromatic carbocycles. The second-order valence-corrected chi connectivity index (χ2v) is 9.19. The highest BCUT2D eigenvalue weighted by Crippen LogP contribution is 2.34. The van der Waals surface area contributed by atoms with Crippen LogP contribution in [0.3, 0.4) is 0 Å². The third-order valence-electron chi connectivity index (χ3n) is 6.57. The quantitative estimate of drug-likeness (QED) is 0.403. The maximum Gasteiger partial charge on any atom is 0.573 e. The molecule has 13 heteroatoms. The van der Waals surface area contributed by atoms with Crippen molar-refractivity contribution in [2.45, 2.75) is 38.2 Å². The average Bonchev–Trinajstić information content (AvgIpc) is 2.92. The number of pyridine rings is 2. The van der Waals surface area contributed by atoms with E-state index in [0.717, 1.165) is 17.0 Å². The Morgan fingerprint density at radius 2 is 1.88 bits per heavy atom. The van der Waals surface area contributed by atoms with Crippen molar-refractivity contribution in [2.24, 2.45) is 5.92 Å². The minimum absolute atomic E-state index is 0.143. The lowest BCUT2D eigenvalue weighted by Gasteiger charge is -2.46. The summed E-state index contributed by atoms with van der Waals surface area (Å²) in [4.78, 5) is 50.4. The predicted octanol–water partition coefficient (Wildman–Crippen LogP) is 3.85. The van der Waals surface area contributed by atoms with Crippen LogP contribution in [0.2, 0.25) is 0 Å². The zero-order valence-electron chi connectivity index (χ0n) is 21.6. The van der Waals surface area contributed by atoms with E-state index in [0.29, 0.717) is 23.2 Å². The van der Waals surface area contributed by atoms with Crippen molar-refractivity contribution in [3.05, 3.63) is 78.2 Å². The minimum Gasteiger partial charge on any atom is -0.406 e. The lowest BCUT2D eigenvalue weighted by atomic mass is 9.81. The van der Waals surface area contributed by atoms with E-state index in [1.54, 1.807) is 31.2 Å². The lowest BCUT2D eigenvalue weighted by molar-refractivity contribution is -0.274. The van der Waals surface area contributed by atoms with Gasteiger partial charge in [-0.1, -0.05) is 19.1 Å². The molecule has 1 fully saturated rings. The first-order chi connectivity index (χ1) is 19.0. The zero-order valence-corrected chi connectivity index (χ0v) is 21.6. The molecule has 1 saturated heterocycles. The lowest BCUT2D eigenvalue weighted by Crippen LogP contribution is -2.70. The first-order valence-corrected chi connectivity index (χ1v) is 12.4. The molecule has 210 valence electrons. The van der Waals surface area contributed by atoms with Crippen molar-refractivity contribution in [2.75, 3.05) is 17.7 Å². The number of hydrogen-bond acceptors (Lipinski definition) is 7. The number of aromatic nitrogens is 2. The van der Waals surface area contributed by atoms with Gasteiger partial charge in [0, 0.05) is 31.3 Å². The molecule has 3 atom stereocenters. The van der Waals surface area contributed by atoms with Crippen molar-refractivity contribution < 1.29 is 32.3 Å². The summed E-state index contributed by atoms with van der Waals surface area (Å²) in [7, 11) is 1.53. The highest BCUT2D eigenvalue weighted by Gasteiger charge is 2.55. The fourth-order valence-electron chi connectivity index (χ4n) is 4.59. The largest absolute Gasteiger partial charge is 0.573 e. The number of rotatable bonds is 8. The molecule has 1 aliphatic rings. The molecule has 0 spiro atoms. The van der Waals surface area contributed by atoms with Gasteiger partial charge in [0.1, 0.15) is 17.6 Å². The number of nitrogens with one attached hydrogen (secondary N) is 1. The molecule has 4 amide bonds. The van der Waals surface area contributed by atoms with Crippen LogP contribution in [0, 0.1) is 5.92 Å². The van der Waals surface area contributed by atoms with Crippen molar-refractivity contribution in [3.8, 4) is 5.75 Å². The Bertz CT molecular complexity index is 1390. The van der Waals surface area contributed by atoms with E-state index in [9.17, 15) is 27.6 Å². The summed E-state index contributed by atoms with van der Waals surface area (Å²) in [5, 5.41) is 2.68. The van der Waals surface area contributed by atoms with Crippen molar-refractivity contribution in [1.29, 1.82) is 0 Å². The third kappa shape index (κ3) is 6.30. The van der Waals surface area contributed by atoms with E-state index in [-0.39, 0.29) is 12.2 Å². The number of carbonyl (C=O) groups excluding carboxylic acids is 3. The molecule has 0 aliphatic carbocycles. The number of benzene rings is 1. The maximum absolute atomic E-state index is 13.6. The number of nitrogen functional groups attached to an aromatic ring is 1. The van der Waals surface area contributed by atoms with Crippen LogP contribution in [0.5, 0.6) is 5.75 Å². The number of alkyl halides is 3. The molecule has 0 saturated carbocycles. The molecule has 10 nitrogen and oxygen atoms in total. The fourth-order valence-corrected chi connectivity index (χ4v) is 4.59. The number of nitrogens with two attached hydrogens (primary N) is 1. The van der Waals surface area contributed by atoms with Crippen molar-refractivity contribution in [3.63, 3.8) is 0 Å². The number of likely N-dealkylation sites (N-methyl/N-ethyl adjacent to an activating group) is 1. The summed E-state index contributed by atoms with van der Waals surface area (Å²) in [6.45, 7) is 1.72. The molecular formula is C27H27F3N6O4. The average molecular weight is 557 g/mol. The number of imide groups is 1. The Morgan fingerprint density at radius 3 is 2.52 bits per heavy atom. The van der Waals surface area contributed by atoms with Gasteiger partial charge in [0.15, 0.2) is 0 Å². The number of carbonyl (C=O) groups is 3. The van der Waals surface area contributed by atoms with Gasteiger partial charge < -0.3 is 20.7 Å². The SMILES string of the molecule is CC[C@@H](NC(=O)N1C(=O)C(Cc2ccnc(N)c2)[C@H]1C(=O)N(C)c1ccncc1)c1cccc(OC(F)(F)F)c1. The minimum atomic E-state index is -4.88. The zero-order chi connectivity index (χ0) is 29.0. The molecule has 1 unspecified atom stereocenters. The van der Waals surface area contributed by atoms with E-state index >= 15 is 0 Å². The number of β-lactam (4-membered cyclic amide) rings is 1. The Balaban J connectivity index is 1.58. The molecular weight excluding hydrogens is 529 g/mol. The van der Waals surface area contributed by atoms with Gasteiger partial charge in [-0.2, -0.15) is 0 Å². The van der Waals surface area contributed by atoms with Gasteiger partial charge in [-0.05, 0) is 60.4 Å². The summed E-state index contributed by atoms with van der Waals surface area (Å²) in [5.74, 6) is -2.12. The Morgan fingerprint density at radius 1 is 1.15 bits per heavy atom. The smallest absolute Gasteiger partial charge is 0.406 e. The van der Waals surface area contributed by atoms with Crippen LogP contribution >= 0.6 is 0 Å². The maximum atomic E-state index is 13.6. The third-order valence-corrected chi connectivity index (χ3v) is 6.57. The topological polar surface area (TPSA) is 131 Å². The Kier molecular flexibility index (Phi) is 8.21. The predicted molar refractivity (Wildman–Crippen MR) is 139 cm³/mol. The fraction of sp³-hybridized carbons (Fsp3) is 0.296. The van der Waals surface area contributed by atoms with Crippen LogP contribution < -0.4 is 20.7 Å². The number of urea groups is 1. The molecule has 4 rings (SSSR count). The van der Waals surface area contributed by atoms with Crippen molar-refractivity contribution in [1.82, 2.24) is 20.2 Å². The van der Waals surface area contributed by atoms with Crippen LogP contribution in [-0.4, -0.2) is 52.2 Å². The van der Waals surface area contributed by atoms with Gasteiger partial charge in [0.2, 0.25) is 5.91 Å². The monoisotopic (exact) mass is 556 g/mol. The first-order valence-electron chi connectivity index (χ1n) is 12.4. The number of hydrogen-bond donors (Lipinski definition) is 2. The van der Waals surface area contributed by atoms with Gasteiger partial charge in [-0.25, -0.2) is 9.78 Å². The summed E-state index contributed by atoms with van der Waals surface area (Å²) in [6, 6.07) is 8.96. The van der Waals surface area contributed by atoms with Crippen LogP contribution in [-0.2, 0) is 16.0 Å². The highest BCUT2D eigenvalue weighted by atomic mass is 19.4. The van der Waals surface area contributed by atoms with Crippen molar-refractivity contribution >= 4 is 29.4 Å². The molecule has 3 N–H and O–H groups in total. The molecule has 3 aromatic rings. The molecule has 40 heavy (non-hydrogen) atoms. The second kappa shape index (κ2) is 11.6. The van der Waals surface area contributed by atoms with E-state index in [1.165, 1.54) is 42.7 Å². The van der Waals surface area contributed by atoms with Gasteiger partial charge >= 0.3 is 12.4 Å². The standard InChI is InChI=1S/C27H27F3N6O4/c1-3-21(17-5-4-6-19(15-17)40-27(28,29)30)34-26(39)36-23(25(38)35(2)18-8-10-32-11-9-18)20(24(36)37)13-16-7-12-33-22(31)14-16/h4-12,14-15,20-21,23H,3,13H2,1-2H3,(H2,31,33)(H,34,39)/t20?,21-,23+/m1/s1. The van der Waals surface area contributed by atoms with Crippen LogP contribution in [0.25, 0.3) is 0 Å². The highest BCUT2D eigenvalue weighted by molar-refractivity contribution is 6.12.